The Labute approximate surface area is 175 Å². The lowest BCUT2D eigenvalue weighted by Crippen LogP contribution is -2.22. The molecule has 0 fully saturated rings. The number of hydrogen-bond donors (Lipinski definition) is 1. The van der Waals surface area contributed by atoms with Crippen molar-refractivity contribution in [2.24, 2.45) is 0 Å². The summed E-state index contributed by atoms with van der Waals surface area (Å²) in [5.74, 6) is 0.742. The van der Waals surface area contributed by atoms with Gasteiger partial charge in [-0.2, -0.15) is 0 Å². The highest BCUT2D eigenvalue weighted by molar-refractivity contribution is 5.68. The van der Waals surface area contributed by atoms with E-state index in [1.807, 2.05) is 67.5 Å². The van der Waals surface area contributed by atoms with Gasteiger partial charge in [0.1, 0.15) is 29.7 Å². The summed E-state index contributed by atoms with van der Waals surface area (Å²) >= 11 is 0. The molecule has 0 aliphatic heterocycles. The van der Waals surface area contributed by atoms with Crippen LogP contribution in [0, 0.1) is 5.82 Å². The molecule has 30 heavy (non-hydrogen) atoms. The first-order chi connectivity index (χ1) is 14.4. The summed E-state index contributed by atoms with van der Waals surface area (Å²) in [4.78, 5) is 13.0. The predicted molar refractivity (Wildman–Crippen MR) is 112 cm³/mol. The zero-order valence-corrected chi connectivity index (χ0v) is 16.9. The fourth-order valence-electron chi connectivity index (χ4n) is 3.05. The van der Waals surface area contributed by atoms with E-state index in [0.717, 1.165) is 11.1 Å². The number of nitrogens with zero attached hydrogens (tertiary/aromatic N) is 1. The van der Waals surface area contributed by atoms with Crippen LogP contribution in [0.25, 0.3) is 0 Å². The molecule has 1 N–H and O–H groups in total. The monoisotopic (exact) mass is 409 g/mol. The molecule has 3 aromatic carbocycles. The number of aliphatic carboxylic acids is 1. The number of carboxylic acid groups (broad SMARTS) is 1. The molecule has 0 aliphatic carbocycles. The Bertz CT molecular complexity index is 971. The average Bonchev–Trinajstić information content (AvgIpc) is 2.73. The Morgan fingerprint density at radius 3 is 2.27 bits per heavy atom. The van der Waals surface area contributed by atoms with Gasteiger partial charge in [0.25, 0.3) is 0 Å². The molecule has 1 atom stereocenters. The number of rotatable bonds is 9. The molecule has 0 heterocycles. The van der Waals surface area contributed by atoms with E-state index in [-0.39, 0.29) is 18.3 Å². The average molecular weight is 409 g/mol. The molecule has 0 saturated carbocycles. The van der Waals surface area contributed by atoms with E-state index in [2.05, 4.69) is 0 Å². The van der Waals surface area contributed by atoms with E-state index in [0.29, 0.717) is 23.9 Å². The van der Waals surface area contributed by atoms with E-state index < -0.39 is 5.97 Å². The molecule has 0 radical (unpaired) electrons. The molecule has 3 aromatic rings. The van der Waals surface area contributed by atoms with Crippen molar-refractivity contribution in [3.63, 3.8) is 0 Å². The quantitative estimate of drug-likeness (QED) is 0.521. The van der Waals surface area contributed by atoms with Crippen molar-refractivity contribution in [1.29, 1.82) is 0 Å². The molecule has 0 aromatic heterocycles. The van der Waals surface area contributed by atoms with Gasteiger partial charge in [0, 0.05) is 6.04 Å². The van der Waals surface area contributed by atoms with Gasteiger partial charge in [-0.25, -0.2) is 4.39 Å². The van der Waals surface area contributed by atoms with Crippen LogP contribution >= 0.6 is 0 Å². The van der Waals surface area contributed by atoms with Gasteiger partial charge in [0.05, 0.1) is 6.42 Å². The SMILES string of the molecule is CN(C)[C@@H](CC(=O)O)c1ccc(OCc2cccc(Oc3ccc(F)cc3)c2)cc1. The van der Waals surface area contributed by atoms with Gasteiger partial charge in [-0.3, -0.25) is 4.79 Å². The smallest absolute Gasteiger partial charge is 0.305 e. The maximum absolute atomic E-state index is 13.0. The van der Waals surface area contributed by atoms with E-state index in [1.165, 1.54) is 12.1 Å². The number of ether oxygens (including phenoxy) is 2. The number of halogens is 1. The highest BCUT2D eigenvalue weighted by Crippen LogP contribution is 2.26. The third-order valence-corrected chi connectivity index (χ3v) is 4.61. The molecule has 6 heteroatoms. The molecule has 0 bridgehead atoms. The maximum atomic E-state index is 13.0. The number of carbonyl (C=O) groups is 1. The van der Waals surface area contributed by atoms with E-state index >= 15 is 0 Å². The maximum Gasteiger partial charge on any atom is 0.305 e. The topological polar surface area (TPSA) is 59.0 Å². The first-order valence-electron chi connectivity index (χ1n) is 9.54. The second-order valence-corrected chi connectivity index (χ2v) is 7.14. The van der Waals surface area contributed by atoms with Gasteiger partial charge < -0.3 is 19.5 Å². The van der Waals surface area contributed by atoms with Crippen molar-refractivity contribution in [2.75, 3.05) is 14.1 Å². The molecule has 3 rings (SSSR count). The van der Waals surface area contributed by atoms with Crippen LogP contribution in [0.1, 0.15) is 23.6 Å². The Morgan fingerprint density at radius 1 is 0.967 bits per heavy atom. The molecule has 0 unspecified atom stereocenters. The van der Waals surface area contributed by atoms with Crippen molar-refractivity contribution < 1.29 is 23.8 Å². The van der Waals surface area contributed by atoms with Crippen LogP contribution < -0.4 is 9.47 Å². The molecule has 0 aliphatic rings. The Hall–Kier alpha value is -3.38. The molecule has 5 nitrogen and oxygen atoms in total. The molecular weight excluding hydrogens is 385 g/mol. The summed E-state index contributed by atoms with van der Waals surface area (Å²) in [7, 11) is 3.72. The van der Waals surface area contributed by atoms with Crippen LogP contribution in [0.15, 0.2) is 72.8 Å². The zero-order chi connectivity index (χ0) is 21.5. The summed E-state index contributed by atoms with van der Waals surface area (Å²) in [6.45, 7) is 0.353. The fourth-order valence-corrected chi connectivity index (χ4v) is 3.05. The number of carboxylic acids is 1. The molecule has 0 spiro atoms. The van der Waals surface area contributed by atoms with Crippen molar-refractivity contribution in [3.8, 4) is 17.2 Å². The third kappa shape index (κ3) is 6.06. The van der Waals surface area contributed by atoms with Gasteiger partial charge >= 0.3 is 5.97 Å². The minimum atomic E-state index is -0.836. The van der Waals surface area contributed by atoms with Crippen LogP contribution in [0.4, 0.5) is 4.39 Å². The van der Waals surface area contributed by atoms with Crippen molar-refractivity contribution in [3.05, 3.63) is 89.7 Å². The molecular formula is C24H24FNO4. The largest absolute Gasteiger partial charge is 0.489 e. The predicted octanol–water partition coefficient (Wildman–Crippen LogP) is 5.27. The van der Waals surface area contributed by atoms with E-state index in [1.54, 1.807) is 12.1 Å². The van der Waals surface area contributed by atoms with Crippen LogP contribution in [0.5, 0.6) is 17.2 Å². The standard InChI is InChI=1S/C24H24FNO4/c1-26(2)23(15-24(27)28)18-6-10-20(11-7-18)29-16-17-4-3-5-22(14-17)30-21-12-8-19(25)9-13-21/h3-14,23H,15-16H2,1-2H3,(H,27,28)/t23-/m0/s1. The number of hydrogen-bond acceptors (Lipinski definition) is 4. The van der Waals surface area contributed by atoms with Crippen LogP contribution in [0.3, 0.4) is 0 Å². The second-order valence-electron chi connectivity index (χ2n) is 7.14. The summed E-state index contributed by atoms with van der Waals surface area (Å²) < 4.78 is 24.6. The lowest BCUT2D eigenvalue weighted by atomic mass is 10.0. The van der Waals surface area contributed by atoms with Gasteiger partial charge in [-0.1, -0.05) is 24.3 Å². The Kier molecular flexibility index (Phi) is 7.03. The lowest BCUT2D eigenvalue weighted by Gasteiger charge is -2.23. The van der Waals surface area contributed by atoms with Crippen LogP contribution in [0.2, 0.25) is 0 Å². The zero-order valence-electron chi connectivity index (χ0n) is 16.9. The molecule has 0 saturated heterocycles. The highest BCUT2D eigenvalue weighted by Gasteiger charge is 2.17. The Balaban J connectivity index is 1.61. The van der Waals surface area contributed by atoms with Gasteiger partial charge in [0.15, 0.2) is 0 Å². The first kappa shape index (κ1) is 21.3. The molecule has 156 valence electrons. The summed E-state index contributed by atoms with van der Waals surface area (Å²) in [5, 5.41) is 9.11. The van der Waals surface area contributed by atoms with Crippen molar-refractivity contribution in [1.82, 2.24) is 4.90 Å². The minimum Gasteiger partial charge on any atom is -0.489 e. The van der Waals surface area contributed by atoms with E-state index in [4.69, 9.17) is 14.6 Å². The summed E-state index contributed by atoms with van der Waals surface area (Å²) in [6, 6.07) is 20.6. The van der Waals surface area contributed by atoms with Crippen LogP contribution in [-0.4, -0.2) is 30.1 Å². The second kappa shape index (κ2) is 9.89. The van der Waals surface area contributed by atoms with Gasteiger partial charge in [-0.05, 0) is 73.8 Å². The van der Waals surface area contributed by atoms with E-state index in [9.17, 15) is 9.18 Å². The normalized spacial score (nSPS) is 11.9. The fraction of sp³-hybridized carbons (Fsp3) is 0.208. The molecule has 0 amide bonds. The number of benzene rings is 3. The lowest BCUT2D eigenvalue weighted by molar-refractivity contribution is -0.138. The van der Waals surface area contributed by atoms with Gasteiger partial charge in [-0.15, -0.1) is 0 Å². The van der Waals surface area contributed by atoms with Crippen LogP contribution in [-0.2, 0) is 11.4 Å². The van der Waals surface area contributed by atoms with Crippen molar-refractivity contribution in [2.45, 2.75) is 19.1 Å². The minimum absolute atomic E-state index is 0.0358. The highest BCUT2D eigenvalue weighted by atomic mass is 19.1. The van der Waals surface area contributed by atoms with Gasteiger partial charge in [0.2, 0.25) is 0 Å². The third-order valence-electron chi connectivity index (χ3n) is 4.61. The first-order valence-corrected chi connectivity index (χ1v) is 9.54. The summed E-state index contributed by atoms with van der Waals surface area (Å²) in [6.07, 6.45) is 0.0358. The summed E-state index contributed by atoms with van der Waals surface area (Å²) in [5.41, 5.74) is 1.85. The van der Waals surface area contributed by atoms with Crippen molar-refractivity contribution >= 4 is 5.97 Å². The Morgan fingerprint density at radius 2 is 1.63 bits per heavy atom.